The second kappa shape index (κ2) is 9.45. The van der Waals surface area contributed by atoms with Crippen LogP contribution in [-0.4, -0.2) is 55.9 Å². The molecule has 0 bridgehead atoms. The smallest absolute Gasteiger partial charge is 0.243 e. The Hall–Kier alpha value is -1.67. The SMILES string of the molecule is Cc1ccc(Cl)cc1S(=O)(=O)N1CCC(N2CCC(Oc3ccccc3F)CC2)CC1. The average Bonchev–Trinajstić information content (AvgIpc) is 2.77. The average molecular weight is 467 g/mol. The van der Waals surface area contributed by atoms with E-state index in [2.05, 4.69) is 4.90 Å². The molecule has 2 saturated heterocycles. The third-order valence-corrected chi connectivity index (χ3v) is 8.59. The minimum absolute atomic E-state index is 0.0134. The van der Waals surface area contributed by atoms with Crippen LogP contribution >= 0.6 is 11.6 Å². The van der Waals surface area contributed by atoms with Gasteiger partial charge in [0.15, 0.2) is 11.6 Å². The van der Waals surface area contributed by atoms with Gasteiger partial charge in [0.25, 0.3) is 0 Å². The lowest BCUT2D eigenvalue weighted by Gasteiger charge is -2.41. The van der Waals surface area contributed by atoms with Crippen molar-refractivity contribution < 1.29 is 17.5 Å². The Kier molecular flexibility index (Phi) is 6.86. The van der Waals surface area contributed by atoms with Gasteiger partial charge < -0.3 is 9.64 Å². The lowest BCUT2D eigenvalue weighted by Crippen LogP contribution is -2.50. The first-order valence-electron chi connectivity index (χ1n) is 10.8. The van der Waals surface area contributed by atoms with Crippen molar-refractivity contribution in [1.82, 2.24) is 9.21 Å². The van der Waals surface area contributed by atoms with Crippen LogP contribution in [0, 0.1) is 12.7 Å². The van der Waals surface area contributed by atoms with Crippen LogP contribution in [0.3, 0.4) is 0 Å². The van der Waals surface area contributed by atoms with Gasteiger partial charge >= 0.3 is 0 Å². The first-order chi connectivity index (χ1) is 14.8. The van der Waals surface area contributed by atoms with E-state index in [0.29, 0.717) is 40.4 Å². The van der Waals surface area contributed by atoms with Crippen LogP contribution in [0.5, 0.6) is 5.75 Å². The molecule has 31 heavy (non-hydrogen) atoms. The minimum atomic E-state index is -3.54. The summed E-state index contributed by atoms with van der Waals surface area (Å²) >= 11 is 6.04. The summed E-state index contributed by atoms with van der Waals surface area (Å²) in [6.45, 7) is 4.56. The second-order valence-electron chi connectivity index (χ2n) is 8.33. The number of rotatable bonds is 5. The fourth-order valence-electron chi connectivity index (χ4n) is 4.52. The van der Waals surface area contributed by atoms with E-state index in [1.807, 2.05) is 0 Å². The highest BCUT2D eigenvalue weighted by atomic mass is 35.5. The van der Waals surface area contributed by atoms with Crippen LogP contribution in [-0.2, 0) is 10.0 Å². The Morgan fingerprint density at radius 3 is 2.35 bits per heavy atom. The van der Waals surface area contributed by atoms with Gasteiger partial charge in [0.1, 0.15) is 6.10 Å². The van der Waals surface area contributed by atoms with Crippen LogP contribution in [0.1, 0.15) is 31.2 Å². The number of hydrogen-bond donors (Lipinski definition) is 0. The van der Waals surface area contributed by atoms with E-state index in [0.717, 1.165) is 38.8 Å². The third-order valence-electron chi connectivity index (χ3n) is 6.31. The number of piperidine rings is 2. The highest BCUT2D eigenvalue weighted by Gasteiger charge is 2.34. The lowest BCUT2D eigenvalue weighted by atomic mass is 10.00. The molecule has 0 amide bonds. The standard InChI is InChI=1S/C23H28ClFN2O3S/c1-17-6-7-18(24)16-23(17)31(28,29)27-14-8-19(9-15-27)26-12-10-20(11-13-26)30-22-5-3-2-4-21(22)25/h2-7,16,19-20H,8-15H2,1H3. The number of aryl methyl sites for hydroxylation is 1. The van der Waals surface area contributed by atoms with Gasteiger partial charge in [-0.05, 0) is 62.4 Å². The Bertz CT molecular complexity index is 1020. The third kappa shape index (κ3) is 5.06. The topological polar surface area (TPSA) is 49.9 Å². The molecule has 2 aliphatic rings. The minimum Gasteiger partial charge on any atom is -0.487 e. The number of nitrogens with zero attached hydrogens (tertiary/aromatic N) is 2. The van der Waals surface area contributed by atoms with Crippen LogP contribution in [0.2, 0.25) is 5.02 Å². The molecular weight excluding hydrogens is 439 g/mol. The summed E-state index contributed by atoms with van der Waals surface area (Å²) in [5.41, 5.74) is 0.712. The molecule has 0 aliphatic carbocycles. The molecule has 2 heterocycles. The molecule has 0 aromatic heterocycles. The molecule has 2 aromatic carbocycles. The van der Waals surface area contributed by atoms with E-state index in [4.69, 9.17) is 16.3 Å². The van der Waals surface area contributed by atoms with Crippen LogP contribution in [0.4, 0.5) is 4.39 Å². The maximum atomic E-state index is 13.8. The van der Waals surface area contributed by atoms with Gasteiger partial charge in [0.2, 0.25) is 10.0 Å². The Morgan fingerprint density at radius 1 is 1.00 bits per heavy atom. The quantitative estimate of drug-likeness (QED) is 0.651. The fraction of sp³-hybridized carbons (Fsp3) is 0.478. The van der Waals surface area contributed by atoms with E-state index in [1.165, 1.54) is 6.07 Å². The molecule has 168 valence electrons. The Balaban J connectivity index is 1.30. The zero-order valence-corrected chi connectivity index (χ0v) is 19.2. The number of benzene rings is 2. The molecule has 0 radical (unpaired) electrons. The molecule has 0 saturated carbocycles. The molecule has 5 nitrogen and oxygen atoms in total. The van der Waals surface area contributed by atoms with E-state index in [1.54, 1.807) is 47.6 Å². The van der Waals surface area contributed by atoms with E-state index in [9.17, 15) is 12.8 Å². The van der Waals surface area contributed by atoms with Crippen molar-refractivity contribution in [2.75, 3.05) is 26.2 Å². The zero-order chi connectivity index (χ0) is 22.0. The van der Waals surface area contributed by atoms with Gasteiger partial charge in [0, 0.05) is 37.2 Å². The maximum Gasteiger partial charge on any atom is 0.243 e. The number of halogens is 2. The van der Waals surface area contributed by atoms with Gasteiger partial charge in [0.05, 0.1) is 4.90 Å². The lowest BCUT2D eigenvalue weighted by molar-refractivity contribution is 0.0568. The molecule has 2 aromatic rings. The first kappa shape index (κ1) is 22.5. The van der Waals surface area contributed by atoms with Crippen molar-refractivity contribution in [3.8, 4) is 5.75 Å². The summed E-state index contributed by atoms with van der Waals surface area (Å²) in [6.07, 6.45) is 3.30. The number of likely N-dealkylation sites (tertiary alicyclic amines) is 1. The Morgan fingerprint density at radius 2 is 1.68 bits per heavy atom. The maximum absolute atomic E-state index is 13.8. The molecule has 4 rings (SSSR count). The van der Waals surface area contributed by atoms with Crippen molar-refractivity contribution in [2.45, 2.75) is 49.6 Å². The summed E-state index contributed by atoms with van der Waals surface area (Å²) < 4.78 is 47.4. The molecular formula is C23H28ClFN2O3S. The van der Waals surface area contributed by atoms with E-state index < -0.39 is 10.0 Å². The van der Waals surface area contributed by atoms with Crippen molar-refractivity contribution in [3.05, 3.63) is 58.9 Å². The summed E-state index contributed by atoms with van der Waals surface area (Å²) in [5, 5.41) is 0.430. The van der Waals surface area contributed by atoms with Crippen molar-refractivity contribution in [1.29, 1.82) is 0 Å². The highest BCUT2D eigenvalue weighted by Crippen LogP contribution is 2.29. The zero-order valence-electron chi connectivity index (χ0n) is 17.6. The summed E-state index contributed by atoms with van der Waals surface area (Å²) in [7, 11) is -3.54. The summed E-state index contributed by atoms with van der Waals surface area (Å²) in [5.74, 6) is -0.00998. The predicted molar refractivity (Wildman–Crippen MR) is 120 cm³/mol. The molecule has 2 aliphatic heterocycles. The number of hydrogen-bond acceptors (Lipinski definition) is 4. The summed E-state index contributed by atoms with van der Waals surface area (Å²) in [4.78, 5) is 2.72. The van der Waals surface area contributed by atoms with Crippen molar-refractivity contribution >= 4 is 21.6 Å². The van der Waals surface area contributed by atoms with Gasteiger partial charge in [-0.25, -0.2) is 12.8 Å². The van der Waals surface area contributed by atoms with Crippen LogP contribution in [0.25, 0.3) is 0 Å². The normalized spacial score (nSPS) is 20.1. The monoisotopic (exact) mass is 466 g/mol. The largest absolute Gasteiger partial charge is 0.487 e. The molecule has 0 N–H and O–H groups in total. The molecule has 0 unspecified atom stereocenters. The first-order valence-corrected chi connectivity index (χ1v) is 12.6. The number of para-hydroxylation sites is 1. The predicted octanol–water partition coefficient (Wildman–Crippen LogP) is 4.48. The Labute approximate surface area is 188 Å². The number of ether oxygens (including phenoxy) is 1. The van der Waals surface area contributed by atoms with Gasteiger partial charge in [-0.3, -0.25) is 0 Å². The highest BCUT2D eigenvalue weighted by molar-refractivity contribution is 7.89. The summed E-state index contributed by atoms with van der Waals surface area (Å²) in [6, 6.07) is 11.9. The van der Waals surface area contributed by atoms with Gasteiger partial charge in [-0.15, -0.1) is 0 Å². The van der Waals surface area contributed by atoms with Crippen LogP contribution in [0.15, 0.2) is 47.4 Å². The molecule has 8 heteroatoms. The van der Waals surface area contributed by atoms with E-state index in [-0.39, 0.29) is 11.9 Å². The fourth-order valence-corrected chi connectivity index (χ4v) is 6.47. The molecule has 2 fully saturated rings. The van der Waals surface area contributed by atoms with E-state index >= 15 is 0 Å². The molecule has 0 atom stereocenters. The molecule has 0 spiro atoms. The van der Waals surface area contributed by atoms with Crippen molar-refractivity contribution in [2.24, 2.45) is 0 Å². The number of sulfonamides is 1. The second-order valence-corrected chi connectivity index (χ2v) is 10.7. The van der Waals surface area contributed by atoms with Crippen molar-refractivity contribution in [3.63, 3.8) is 0 Å². The van der Waals surface area contributed by atoms with Gasteiger partial charge in [-0.2, -0.15) is 4.31 Å². The van der Waals surface area contributed by atoms with Gasteiger partial charge in [-0.1, -0.05) is 29.8 Å². The van der Waals surface area contributed by atoms with Crippen LogP contribution < -0.4 is 4.74 Å².